The van der Waals surface area contributed by atoms with Crippen molar-refractivity contribution in [3.05, 3.63) is 94.6 Å². The first-order valence-electron chi connectivity index (χ1n) is 10.3. The van der Waals surface area contributed by atoms with Gasteiger partial charge in [0.25, 0.3) is 0 Å². The molecule has 0 bridgehead atoms. The number of rotatable bonds is 4. The van der Waals surface area contributed by atoms with Crippen molar-refractivity contribution in [2.45, 2.75) is 25.7 Å². The van der Waals surface area contributed by atoms with E-state index in [1.807, 2.05) is 42.6 Å². The van der Waals surface area contributed by atoms with Crippen molar-refractivity contribution in [1.82, 2.24) is 14.9 Å². The van der Waals surface area contributed by atoms with Crippen molar-refractivity contribution in [2.24, 2.45) is 0 Å². The first-order valence-corrected chi connectivity index (χ1v) is 11.2. The zero-order valence-corrected chi connectivity index (χ0v) is 18.0. The number of thiophene rings is 1. The molecule has 5 rings (SSSR count). The number of halogens is 3. The molecule has 162 valence electrons. The standard InChI is InChI=1S/C25H20F3N3S/c26-25(27,28)20-8-6-17(7-9-20)23-11-10-21(32-23)16-31-13-12-22-19(15-31)14-29-24(30-22)18-4-2-1-3-5-18/h1-11,14H,12-13,15-16H2. The summed E-state index contributed by atoms with van der Waals surface area (Å²) in [4.78, 5) is 13.9. The summed E-state index contributed by atoms with van der Waals surface area (Å²) in [5.74, 6) is 0.761. The molecule has 0 unspecified atom stereocenters. The third-order valence-corrected chi connectivity index (χ3v) is 6.70. The summed E-state index contributed by atoms with van der Waals surface area (Å²) in [6.45, 7) is 2.49. The minimum Gasteiger partial charge on any atom is -0.293 e. The maximum absolute atomic E-state index is 12.8. The van der Waals surface area contributed by atoms with Crippen LogP contribution in [-0.4, -0.2) is 21.4 Å². The molecule has 1 aliphatic rings. The van der Waals surface area contributed by atoms with Crippen LogP contribution < -0.4 is 0 Å². The average Bonchev–Trinajstić information content (AvgIpc) is 3.27. The van der Waals surface area contributed by atoms with Crippen LogP contribution in [0.1, 0.15) is 21.7 Å². The van der Waals surface area contributed by atoms with Gasteiger partial charge in [0.15, 0.2) is 5.82 Å². The zero-order chi connectivity index (χ0) is 22.1. The summed E-state index contributed by atoms with van der Waals surface area (Å²) in [5, 5.41) is 0. The van der Waals surface area contributed by atoms with Crippen LogP contribution in [0.25, 0.3) is 21.8 Å². The van der Waals surface area contributed by atoms with Crippen molar-refractivity contribution in [3.63, 3.8) is 0 Å². The Kier molecular flexibility index (Phi) is 5.53. The molecule has 0 saturated heterocycles. The lowest BCUT2D eigenvalue weighted by atomic mass is 10.1. The molecule has 2 aromatic carbocycles. The van der Waals surface area contributed by atoms with Gasteiger partial charge in [-0.15, -0.1) is 11.3 Å². The Morgan fingerprint density at radius 2 is 1.69 bits per heavy atom. The molecule has 7 heteroatoms. The Morgan fingerprint density at radius 1 is 0.906 bits per heavy atom. The highest BCUT2D eigenvalue weighted by atomic mass is 32.1. The van der Waals surface area contributed by atoms with Crippen LogP contribution in [0.2, 0.25) is 0 Å². The fourth-order valence-electron chi connectivity index (χ4n) is 3.90. The van der Waals surface area contributed by atoms with E-state index in [9.17, 15) is 13.2 Å². The van der Waals surface area contributed by atoms with Crippen LogP contribution in [-0.2, 0) is 25.7 Å². The zero-order valence-electron chi connectivity index (χ0n) is 17.1. The summed E-state index contributed by atoms with van der Waals surface area (Å²) in [6.07, 6.45) is -1.51. The summed E-state index contributed by atoms with van der Waals surface area (Å²) in [7, 11) is 0. The van der Waals surface area contributed by atoms with Gasteiger partial charge in [0.05, 0.1) is 11.3 Å². The van der Waals surface area contributed by atoms with Crippen LogP contribution in [0.3, 0.4) is 0 Å². The maximum Gasteiger partial charge on any atom is 0.416 e. The summed E-state index contributed by atoms with van der Waals surface area (Å²) in [6, 6.07) is 19.4. The van der Waals surface area contributed by atoms with Gasteiger partial charge in [-0.25, -0.2) is 9.97 Å². The van der Waals surface area contributed by atoms with Gasteiger partial charge in [-0.3, -0.25) is 4.90 Å². The Labute approximate surface area is 188 Å². The van der Waals surface area contributed by atoms with E-state index in [0.717, 1.165) is 71.3 Å². The molecule has 0 N–H and O–H groups in total. The molecule has 0 aliphatic carbocycles. The first-order chi connectivity index (χ1) is 15.5. The van der Waals surface area contributed by atoms with Gasteiger partial charge in [-0.05, 0) is 29.8 Å². The Bertz CT molecular complexity index is 1220. The molecular weight excluding hydrogens is 431 g/mol. The second-order valence-corrected chi connectivity index (χ2v) is 9.00. The molecule has 2 aromatic heterocycles. The molecule has 0 spiro atoms. The van der Waals surface area contributed by atoms with Crippen molar-refractivity contribution in [2.75, 3.05) is 6.54 Å². The monoisotopic (exact) mass is 451 g/mol. The second-order valence-electron chi connectivity index (χ2n) is 7.83. The largest absolute Gasteiger partial charge is 0.416 e. The van der Waals surface area contributed by atoms with Gasteiger partial charge in [0.2, 0.25) is 0 Å². The third kappa shape index (κ3) is 4.45. The number of fused-ring (bicyclic) bond motifs is 1. The van der Waals surface area contributed by atoms with Crippen molar-refractivity contribution in [1.29, 1.82) is 0 Å². The van der Waals surface area contributed by atoms with Gasteiger partial charge in [0.1, 0.15) is 0 Å². The predicted octanol–water partition coefficient (Wildman–Crippen LogP) is 6.45. The highest BCUT2D eigenvalue weighted by molar-refractivity contribution is 7.15. The number of nitrogens with zero attached hydrogens (tertiary/aromatic N) is 3. The SMILES string of the molecule is FC(F)(F)c1ccc(-c2ccc(CN3CCc4nc(-c5ccccc5)ncc4C3)s2)cc1. The van der Waals surface area contributed by atoms with E-state index >= 15 is 0 Å². The number of aromatic nitrogens is 2. The first kappa shape index (κ1) is 20.8. The molecular formula is C25H20F3N3S. The Morgan fingerprint density at radius 3 is 2.44 bits per heavy atom. The third-order valence-electron chi connectivity index (χ3n) is 5.58. The van der Waals surface area contributed by atoms with E-state index in [2.05, 4.69) is 16.0 Å². The molecule has 3 nitrogen and oxygen atoms in total. The van der Waals surface area contributed by atoms with Crippen molar-refractivity contribution in [3.8, 4) is 21.8 Å². The smallest absolute Gasteiger partial charge is 0.293 e. The Hall–Kier alpha value is -3.03. The molecule has 0 amide bonds. The van der Waals surface area contributed by atoms with Crippen molar-refractivity contribution < 1.29 is 13.2 Å². The van der Waals surface area contributed by atoms with Crippen LogP contribution in [0.15, 0.2) is 72.9 Å². The van der Waals surface area contributed by atoms with Gasteiger partial charge >= 0.3 is 6.18 Å². The summed E-state index contributed by atoms with van der Waals surface area (Å²) < 4.78 is 38.4. The van der Waals surface area contributed by atoms with Gasteiger partial charge < -0.3 is 0 Å². The average molecular weight is 452 g/mol. The van der Waals surface area contributed by atoms with Crippen LogP contribution in [0.5, 0.6) is 0 Å². The molecule has 0 fully saturated rings. The normalized spacial score (nSPS) is 14.3. The number of hydrogen-bond donors (Lipinski definition) is 0. The topological polar surface area (TPSA) is 29.0 Å². The molecule has 3 heterocycles. The minimum atomic E-state index is -4.31. The molecule has 0 saturated carbocycles. The van der Waals surface area contributed by atoms with E-state index in [1.165, 1.54) is 17.0 Å². The van der Waals surface area contributed by atoms with E-state index < -0.39 is 11.7 Å². The van der Waals surface area contributed by atoms with Crippen molar-refractivity contribution >= 4 is 11.3 Å². The molecule has 0 radical (unpaired) electrons. The summed E-state index contributed by atoms with van der Waals surface area (Å²) >= 11 is 1.62. The minimum absolute atomic E-state index is 0.623. The predicted molar refractivity (Wildman–Crippen MR) is 120 cm³/mol. The van der Waals surface area contributed by atoms with Crippen LogP contribution in [0.4, 0.5) is 13.2 Å². The Balaban J connectivity index is 1.26. The van der Waals surface area contributed by atoms with Gasteiger partial charge in [-0.2, -0.15) is 13.2 Å². The fraction of sp³-hybridized carbons (Fsp3) is 0.200. The number of benzene rings is 2. The van der Waals surface area contributed by atoms with E-state index in [4.69, 9.17) is 4.98 Å². The lowest BCUT2D eigenvalue weighted by molar-refractivity contribution is -0.137. The van der Waals surface area contributed by atoms with E-state index in [-0.39, 0.29) is 0 Å². The molecule has 0 atom stereocenters. The van der Waals surface area contributed by atoms with E-state index in [1.54, 1.807) is 11.3 Å². The highest BCUT2D eigenvalue weighted by Crippen LogP contribution is 2.34. The lowest BCUT2D eigenvalue weighted by Crippen LogP contribution is -2.30. The fourth-order valence-corrected chi connectivity index (χ4v) is 4.95. The quantitative estimate of drug-likeness (QED) is 0.357. The molecule has 32 heavy (non-hydrogen) atoms. The lowest BCUT2D eigenvalue weighted by Gasteiger charge is -2.27. The molecule has 4 aromatic rings. The van der Waals surface area contributed by atoms with Crippen LogP contribution >= 0.6 is 11.3 Å². The van der Waals surface area contributed by atoms with Gasteiger partial charge in [-0.1, -0.05) is 42.5 Å². The highest BCUT2D eigenvalue weighted by Gasteiger charge is 2.30. The number of alkyl halides is 3. The summed E-state index contributed by atoms with van der Waals surface area (Å²) in [5.41, 5.74) is 3.46. The second kappa shape index (κ2) is 8.48. The molecule has 1 aliphatic heterocycles. The van der Waals surface area contributed by atoms with Gasteiger partial charge in [0, 0.05) is 53.1 Å². The van der Waals surface area contributed by atoms with E-state index in [0.29, 0.717) is 0 Å². The number of hydrogen-bond acceptors (Lipinski definition) is 4. The maximum atomic E-state index is 12.8. The van der Waals surface area contributed by atoms with Crippen LogP contribution in [0, 0.1) is 0 Å².